The van der Waals surface area contributed by atoms with E-state index in [1.165, 1.54) is 43.5 Å². The molecule has 2 aromatic carbocycles. The molecule has 0 aromatic heterocycles. The molecule has 154 valence electrons. The van der Waals surface area contributed by atoms with E-state index < -0.39 is 31.0 Å². The van der Waals surface area contributed by atoms with E-state index in [4.69, 9.17) is 21.1 Å². The van der Waals surface area contributed by atoms with Crippen LogP contribution in [0.2, 0.25) is 5.02 Å². The molecule has 0 saturated carbocycles. The standard InChI is InChI=1S/C18H15ClF2N2O6/c1-27-14-6-5-11(19)8-13(14)16(25)23-22-15(24)9-28-17(26)10-3-2-4-12(7-10)29-18(20)21/h2-8,18H,9H2,1H3,(H,22,24)(H,23,25). The van der Waals surface area contributed by atoms with Gasteiger partial charge in [-0.25, -0.2) is 4.79 Å². The van der Waals surface area contributed by atoms with Gasteiger partial charge in [0, 0.05) is 5.02 Å². The van der Waals surface area contributed by atoms with Crippen LogP contribution in [0.25, 0.3) is 0 Å². The minimum absolute atomic E-state index is 0.0770. The summed E-state index contributed by atoms with van der Waals surface area (Å²) in [5, 5.41) is 0.286. The van der Waals surface area contributed by atoms with Gasteiger partial charge < -0.3 is 14.2 Å². The van der Waals surface area contributed by atoms with Crippen LogP contribution in [0, 0.1) is 0 Å². The SMILES string of the molecule is COc1ccc(Cl)cc1C(=O)NNC(=O)COC(=O)c1cccc(OC(F)F)c1. The van der Waals surface area contributed by atoms with E-state index in [1.807, 2.05) is 0 Å². The number of halogens is 3. The topological polar surface area (TPSA) is 103 Å². The first-order valence-electron chi connectivity index (χ1n) is 7.95. The van der Waals surface area contributed by atoms with Crippen molar-refractivity contribution >= 4 is 29.4 Å². The maximum Gasteiger partial charge on any atom is 0.387 e. The Hall–Kier alpha value is -3.40. The van der Waals surface area contributed by atoms with Gasteiger partial charge >= 0.3 is 12.6 Å². The van der Waals surface area contributed by atoms with Crippen LogP contribution in [-0.2, 0) is 9.53 Å². The van der Waals surface area contributed by atoms with Gasteiger partial charge in [0.1, 0.15) is 11.5 Å². The highest BCUT2D eigenvalue weighted by atomic mass is 35.5. The Morgan fingerprint density at radius 1 is 1.10 bits per heavy atom. The Bertz CT molecular complexity index is 910. The van der Waals surface area contributed by atoms with Gasteiger partial charge in [-0.3, -0.25) is 20.4 Å². The van der Waals surface area contributed by atoms with Crippen molar-refractivity contribution in [1.82, 2.24) is 10.9 Å². The van der Waals surface area contributed by atoms with Crippen LogP contribution in [0.1, 0.15) is 20.7 Å². The van der Waals surface area contributed by atoms with Crippen molar-refractivity contribution in [2.45, 2.75) is 6.61 Å². The number of amides is 2. The van der Waals surface area contributed by atoms with E-state index in [0.717, 1.165) is 6.07 Å². The number of hydrogen-bond donors (Lipinski definition) is 2. The first-order valence-corrected chi connectivity index (χ1v) is 8.32. The smallest absolute Gasteiger partial charge is 0.387 e. The summed E-state index contributed by atoms with van der Waals surface area (Å²) in [5.41, 5.74) is 4.16. The summed E-state index contributed by atoms with van der Waals surface area (Å²) >= 11 is 5.83. The Labute approximate surface area is 168 Å². The van der Waals surface area contributed by atoms with Crippen molar-refractivity contribution in [1.29, 1.82) is 0 Å². The third-order valence-electron chi connectivity index (χ3n) is 3.35. The van der Waals surface area contributed by atoms with Crippen LogP contribution in [0.15, 0.2) is 42.5 Å². The monoisotopic (exact) mass is 428 g/mol. The average molecular weight is 429 g/mol. The molecule has 11 heteroatoms. The highest BCUT2D eigenvalue weighted by Crippen LogP contribution is 2.22. The summed E-state index contributed by atoms with van der Waals surface area (Å²) in [5.74, 6) is -2.49. The van der Waals surface area contributed by atoms with Crippen molar-refractivity contribution in [2.75, 3.05) is 13.7 Å². The summed E-state index contributed by atoms with van der Waals surface area (Å²) in [7, 11) is 1.36. The van der Waals surface area contributed by atoms with Crippen LogP contribution in [0.4, 0.5) is 8.78 Å². The lowest BCUT2D eigenvalue weighted by molar-refractivity contribution is -0.125. The third-order valence-corrected chi connectivity index (χ3v) is 3.59. The zero-order valence-electron chi connectivity index (χ0n) is 14.9. The van der Waals surface area contributed by atoms with E-state index in [2.05, 4.69) is 15.6 Å². The van der Waals surface area contributed by atoms with Crippen LogP contribution in [0.5, 0.6) is 11.5 Å². The second-order valence-electron chi connectivity index (χ2n) is 5.33. The van der Waals surface area contributed by atoms with Gasteiger partial charge in [-0.05, 0) is 36.4 Å². The lowest BCUT2D eigenvalue weighted by Gasteiger charge is -2.11. The van der Waals surface area contributed by atoms with Crippen molar-refractivity contribution in [3.05, 3.63) is 58.6 Å². The molecular formula is C18H15ClF2N2O6. The number of carbonyl (C=O) groups is 3. The maximum atomic E-state index is 12.2. The first-order chi connectivity index (χ1) is 13.8. The van der Waals surface area contributed by atoms with Gasteiger partial charge in [-0.1, -0.05) is 17.7 Å². The predicted octanol–water partition coefficient (Wildman–Crippen LogP) is 2.57. The third kappa shape index (κ3) is 6.61. The van der Waals surface area contributed by atoms with E-state index in [1.54, 1.807) is 0 Å². The number of alkyl halides is 2. The van der Waals surface area contributed by atoms with Gasteiger partial charge in [0.25, 0.3) is 11.8 Å². The quantitative estimate of drug-likeness (QED) is 0.519. The highest BCUT2D eigenvalue weighted by molar-refractivity contribution is 6.31. The fourth-order valence-corrected chi connectivity index (χ4v) is 2.27. The molecule has 0 unspecified atom stereocenters. The summed E-state index contributed by atoms with van der Waals surface area (Å²) in [6, 6.07) is 9.23. The van der Waals surface area contributed by atoms with Crippen molar-refractivity contribution in [3.8, 4) is 11.5 Å². The molecule has 29 heavy (non-hydrogen) atoms. The normalized spacial score (nSPS) is 10.2. The molecule has 0 spiro atoms. The minimum Gasteiger partial charge on any atom is -0.496 e. The molecule has 0 aliphatic heterocycles. The number of carbonyl (C=O) groups excluding carboxylic acids is 3. The zero-order chi connectivity index (χ0) is 21.4. The second kappa shape index (κ2) is 10.2. The Morgan fingerprint density at radius 3 is 2.55 bits per heavy atom. The Morgan fingerprint density at radius 2 is 1.86 bits per heavy atom. The summed E-state index contributed by atoms with van der Waals surface area (Å²) in [4.78, 5) is 35.8. The fraction of sp³-hybridized carbons (Fsp3) is 0.167. The van der Waals surface area contributed by atoms with Crippen LogP contribution in [0.3, 0.4) is 0 Å². The fourth-order valence-electron chi connectivity index (χ4n) is 2.10. The van der Waals surface area contributed by atoms with E-state index in [9.17, 15) is 23.2 Å². The van der Waals surface area contributed by atoms with Gasteiger partial charge in [0.05, 0.1) is 18.2 Å². The molecule has 0 radical (unpaired) electrons. The molecule has 0 aliphatic carbocycles. The molecule has 2 rings (SSSR count). The lowest BCUT2D eigenvalue weighted by atomic mass is 10.2. The van der Waals surface area contributed by atoms with Crippen LogP contribution in [-0.4, -0.2) is 38.1 Å². The molecule has 0 atom stereocenters. The van der Waals surface area contributed by atoms with E-state index in [0.29, 0.717) is 0 Å². The number of hydrogen-bond acceptors (Lipinski definition) is 6. The van der Waals surface area contributed by atoms with Crippen molar-refractivity contribution < 1.29 is 37.4 Å². The van der Waals surface area contributed by atoms with Crippen LogP contribution < -0.4 is 20.3 Å². The Balaban J connectivity index is 1.86. The molecular weight excluding hydrogens is 414 g/mol. The Kier molecular flexibility index (Phi) is 7.72. The van der Waals surface area contributed by atoms with Gasteiger partial charge in [-0.2, -0.15) is 8.78 Å². The van der Waals surface area contributed by atoms with Crippen LogP contribution >= 0.6 is 11.6 Å². The number of esters is 1. The van der Waals surface area contributed by atoms with E-state index in [-0.39, 0.29) is 27.6 Å². The van der Waals surface area contributed by atoms with Gasteiger partial charge in [0.15, 0.2) is 6.61 Å². The summed E-state index contributed by atoms with van der Waals surface area (Å²) < 4.78 is 38.4. The summed E-state index contributed by atoms with van der Waals surface area (Å²) in [6.45, 7) is -3.78. The van der Waals surface area contributed by atoms with Crippen molar-refractivity contribution in [3.63, 3.8) is 0 Å². The maximum absolute atomic E-state index is 12.2. The van der Waals surface area contributed by atoms with E-state index >= 15 is 0 Å². The molecule has 2 amide bonds. The first kappa shape index (κ1) is 21.9. The number of benzene rings is 2. The molecule has 2 aromatic rings. The molecule has 0 saturated heterocycles. The molecule has 0 fully saturated rings. The van der Waals surface area contributed by atoms with Gasteiger partial charge in [0.2, 0.25) is 0 Å². The molecule has 2 N–H and O–H groups in total. The molecule has 0 aliphatic rings. The summed E-state index contributed by atoms with van der Waals surface area (Å²) in [6.07, 6.45) is 0. The largest absolute Gasteiger partial charge is 0.496 e. The average Bonchev–Trinajstić information content (AvgIpc) is 2.69. The lowest BCUT2D eigenvalue weighted by Crippen LogP contribution is -2.43. The van der Waals surface area contributed by atoms with Crippen molar-refractivity contribution in [2.24, 2.45) is 0 Å². The molecule has 0 heterocycles. The number of methoxy groups -OCH3 is 1. The minimum atomic E-state index is -3.05. The zero-order valence-corrected chi connectivity index (χ0v) is 15.7. The predicted molar refractivity (Wildman–Crippen MR) is 97.0 cm³/mol. The van der Waals surface area contributed by atoms with Gasteiger partial charge in [-0.15, -0.1) is 0 Å². The number of ether oxygens (including phenoxy) is 3. The second-order valence-corrected chi connectivity index (χ2v) is 5.77. The number of rotatable bonds is 7. The molecule has 8 nitrogen and oxygen atoms in total. The molecule has 0 bridgehead atoms. The number of nitrogens with one attached hydrogen (secondary N) is 2. The highest BCUT2D eigenvalue weighted by Gasteiger charge is 2.15. The number of hydrazine groups is 1.